The fourth-order valence-electron chi connectivity index (χ4n) is 4.03. The summed E-state index contributed by atoms with van der Waals surface area (Å²) < 4.78 is 34.4. The minimum absolute atomic E-state index is 0.0239. The summed E-state index contributed by atoms with van der Waals surface area (Å²) in [6.07, 6.45) is 2.74. The Morgan fingerprint density at radius 3 is 2.20 bits per heavy atom. The molecule has 1 unspecified atom stereocenters. The molecule has 0 aromatic rings. The maximum absolute atomic E-state index is 12.9. The van der Waals surface area contributed by atoms with Gasteiger partial charge in [-0.2, -0.15) is 0 Å². The minimum atomic E-state index is -3.06. The molecule has 140 valence electrons. The van der Waals surface area contributed by atoms with Crippen LogP contribution in [-0.4, -0.2) is 74.8 Å². The Labute approximate surface area is 147 Å². The molecule has 8 nitrogen and oxygen atoms in total. The summed E-state index contributed by atoms with van der Waals surface area (Å²) in [7, 11) is -3.06. The number of carbonyl (C=O) groups is 2. The molecule has 3 saturated heterocycles. The number of amides is 2. The zero-order chi connectivity index (χ0) is 17.7. The molecule has 0 aromatic heterocycles. The van der Waals surface area contributed by atoms with Gasteiger partial charge in [-0.1, -0.05) is 0 Å². The highest BCUT2D eigenvalue weighted by molar-refractivity contribution is 7.91. The number of carbonyl (C=O) groups excluding carboxylic acids is 2. The van der Waals surface area contributed by atoms with Crippen LogP contribution in [0.1, 0.15) is 32.1 Å². The molecule has 4 rings (SSSR count). The first-order valence-corrected chi connectivity index (χ1v) is 10.8. The Morgan fingerprint density at radius 2 is 1.68 bits per heavy atom. The van der Waals surface area contributed by atoms with Gasteiger partial charge in [0.25, 0.3) is 0 Å². The first-order chi connectivity index (χ1) is 11.8. The second-order valence-corrected chi connectivity index (χ2v) is 9.78. The lowest BCUT2D eigenvalue weighted by Gasteiger charge is -2.38. The summed E-state index contributed by atoms with van der Waals surface area (Å²) in [4.78, 5) is 27.2. The van der Waals surface area contributed by atoms with E-state index in [1.165, 1.54) is 0 Å². The third kappa shape index (κ3) is 3.17. The van der Waals surface area contributed by atoms with Crippen molar-refractivity contribution in [1.29, 1.82) is 0 Å². The smallest absolute Gasteiger partial charge is 0.238 e. The monoisotopic (exact) mass is 372 g/mol. The van der Waals surface area contributed by atoms with Crippen LogP contribution in [0.2, 0.25) is 0 Å². The Balaban J connectivity index is 1.36. The SMILES string of the molecule is O=C(NC1CCS(=O)(=O)C1)C1(C(=O)N2CCC3(CC2)OCCO3)CC1. The molecule has 4 fully saturated rings. The standard InChI is InChI=1S/C16H24N2O6S/c19-13(17-12-1-10-25(21,22)11-12)15(2-3-15)14(20)18-6-4-16(5-7-18)23-8-9-24-16/h12H,1-11H2,(H,17,19). The zero-order valence-electron chi connectivity index (χ0n) is 14.2. The van der Waals surface area contributed by atoms with E-state index in [0.717, 1.165) is 0 Å². The van der Waals surface area contributed by atoms with Gasteiger partial charge in [0, 0.05) is 32.0 Å². The molecular weight excluding hydrogens is 348 g/mol. The fraction of sp³-hybridized carbons (Fsp3) is 0.875. The average molecular weight is 372 g/mol. The molecule has 1 atom stereocenters. The van der Waals surface area contributed by atoms with Gasteiger partial charge in [0.2, 0.25) is 11.8 Å². The van der Waals surface area contributed by atoms with Gasteiger partial charge >= 0.3 is 0 Å². The number of hydrogen-bond donors (Lipinski definition) is 1. The summed E-state index contributed by atoms with van der Waals surface area (Å²) in [5, 5.41) is 2.79. The van der Waals surface area contributed by atoms with Gasteiger partial charge < -0.3 is 19.7 Å². The number of sulfone groups is 1. The number of hydrogen-bond acceptors (Lipinski definition) is 6. The highest BCUT2D eigenvalue weighted by atomic mass is 32.2. The number of nitrogens with zero attached hydrogens (tertiary/aromatic N) is 1. The molecule has 1 aliphatic carbocycles. The number of rotatable bonds is 3. The maximum Gasteiger partial charge on any atom is 0.238 e. The van der Waals surface area contributed by atoms with Crippen LogP contribution in [0.4, 0.5) is 0 Å². The molecule has 3 aliphatic heterocycles. The molecule has 4 aliphatic rings. The second kappa shape index (κ2) is 5.92. The van der Waals surface area contributed by atoms with Crippen molar-refractivity contribution in [1.82, 2.24) is 10.2 Å². The van der Waals surface area contributed by atoms with Gasteiger partial charge in [-0.3, -0.25) is 9.59 Å². The molecule has 1 saturated carbocycles. The van der Waals surface area contributed by atoms with Crippen LogP contribution in [0.3, 0.4) is 0 Å². The molecule has 9 heteroatoms. The summed E-state index contributed by atoms with van der Waals surface area (Å²) in [6.45, 7) is 2.21. The summed E-state index contributed by atoms with van der Waals surface area (Å²) in [6, 6.07) is -0.368. The van der Waals surface area contributed by atoms with Crippen LogP contribution < -0.4 is 5.32 Å². The molecule has 2 amide bonds. The Hall–Kier alpha value is -1.19. The normalized spacial score (nSPS) is 31.8. The lowest BCUT2D eigenvalue weighted by molar-refractivity contribution is -0.188. The van der Waals surface area contributed by atoms with Crippen molar-refractivity contribution in [3.63, 3.8) is 0 Å². The number of ether oxygens (including phenoxy) is 2. The van der Waals surface area contributed by atoms with Gasteiger partial charge in [-0.05, 0) is 19.3 Å². The van der Waals surface area contributed by atoms with Crippen LogP contribution in [0.25, 0.3) is 0 Å². The predicted octanol–water partition coefficient (Wildman–Crippen LogP) is -0.565. The molecule has 0 bridgehead atoms. The van der Waals surface area contributed by atoms with E-state index in [0.29, 0.717) is 58.4 Å². The highest BCUT2D eigenvalue weighted by Crippen LogP contribution is 2.48. The quantitative estimate of drug-likeness (QED) is 0.666. The van der Waals surface area contributed by atoms with Crippen LogP contribution in [0, 0.1) is 5.41 Å². The largest absolute Gasteiger partial charge is 0.351 e. The van der Waals surface area contributed by atoms with E-state index < -0.39 is 21.0 Å². The summed E-state index contributed by atoms with van der Waals surface area (Å²) >= 11 is 0. The minimum Gasteiger partial charge on any atom is -0.351 e. The molecule has 1 N–H and O–H groups in total. The Bertz CT molecular complexity index is 671. The van der Waals surface area contributed by atoms with E-state index in [9.17, 15) is 18.0 Å². The van der Waals surface area contributed by atoms with E-state index in [1.807, 2.05) is 0 Å². The lowest BCUT2D eigenvalue weighted by atomic mass is 9.98. The van der Waals surface area contributed by atoms with Crippen molar-refractivity contribution in [2.24, 2.45) is 5.41 Å². The Kier molecular flexibility index (Phi) is 4.08. The average Bonchev–Trinajstić information content (AvgIpc) is 3.17. The van der Waals surface area contributed by atoms with Gasteiger partial charge in [-0.25, -0.2) is 8.42 Å². The van der Waals surface area contributed by atoms with E-state index in [4.69, 9.17) is 9.47 Å². The summed E-state index contributed by atoms with van der Waals surface area (Å²) in [5.41, 5.74) is -0.992. The molecule has 3 heterocycles. The van der Waals surface area contributed by atoms with Crippen molar-refractivity contribution in [2.45, 2.75) is 43.9 Å². The summed E-state index contributed by atoms with van der Waals surface area (Å²) in [5.74, 6) is -0.919. The molecule has 25 heavy (non-hydrogen) atoms. The van der Waals surface area contributed by atoms with Crippen LogP contribution in [0.15, 0.2) is 0 Å². The lowest BCUT2D eigenvalue weighted by Crippen LogP contribution is -2.53. The van der Waals surface area contributed by atoms with E-state index in [-0.39, 0.29) is 29.4 Å². The number of likely N-dealkylation sites (tertiary alicyclic amines) is 1. The van der Waals surface area contributed by atoms with E-state index in [2.05, 4.69) is 5.32 Å². The molecule has 1 spiro atoms. The maximum atomic E-state index is 12.9. The predicted molar refractivity (Wildman–Crippen MR) is 87.3 cm³/mol. The van der Waals surface area contributed by atoms with Crippen molar-refractivity contribution < 1.29 is 27.5 Å². The van der Waals surface area contributed by atoms with Crippen molar-refractivity contribution in [3.8, 4) is 0 Å². The van der Waals surface area contributed by atoms with Crippen molar-refractivity contribution in [3.05, 3.63) is 0 Å². The van der Waals surface area contributed by atoms with Crippen molar-refractivity contribution in [2.75, 3.05) is 37.8 Å². The van der Waals surface area contributed by atoms with Gasteiger partial charge in [0.15, 0.2) is 15.6 Å². The van der Waals surface area contributed by atoms with Gasteiger partial charge in [0.05, 0.1) is 24.7 Å². The van der Waals surface area contributed by atoms with Crippen LogP contribution >= 0.6 is 0 Å². The van der Waals surface area contributed by atoms with E-state index in [1.54, 1.807) is 4.90 Å². The Morgan fingerprint density at radius 1 is 1.04 bits per heavy atom. The van der Waals surface area contributed by atoms with Gasteiger partial charge in [-0.15, -0.1) is 0 Å². The zero-order valence-corrected chi connectivity index (χ0v) is 15.0. The fourth-order valence-corrected chi connectivity index (χ4v) is 5.71. The topological polar surface area (TPSA) is 102 Å². The number of piperidine rings is 1. The molecule has 0 radical (unpaired) electrons. The third-order valence-corrected chi connectivity index (χ3v) is 7.56. The van der Waals surface area contributed by atoms with Crippen molar-refractivity contribution >= 4 is 21.7 Å². The third-order valence-electron chi connectivity index (χ3n) is 5.79. The molecular formula is C16H24N2O6S. The van der Waals surface area contributed by atoms with Crippen LogP contribution in [0.5, 0.6) is 0 Å². The van der Waals surface area contributed by atoms with Gasteiger partial charge in [0.1, 0.15) is 5.41 Å². The first kappa shape index (κ1) is 17.2. The number of nitrogens with one attached hydrogen (secondary N) is 1. The molecule has 0 aromatic carbocycles. The highest BCUT2D eigenvalue weighted by Gasteiger charge is 2.59. The van der Waals surface area contributed by atoms with Crippen LogP contribution in [-0.2, 0) is 28.9 Å². The van der Waals surface area contributed by atoms with E-state index >= 15 is 0 Å². The second-order valence-electron chi connectivity index (χ2n) is 7.56. The first-order valence-electron chi connectivity index (χ1n) is 8.93.